The van der Waals surface area contributed by atoms with E-state index in [1.54, 1.807) is 0 Å². The summed E-state index contributed by atoms with van der Waals surface area (Å²) in [5.74, 6) is 2.56. The SMILES string of the molecule is ClP1SCCCS1. The zero-order valence-corrected chi connectivity index (χ0v) is 7.05. The van der Waals surface area contributed by atoms with E-state index in [2.05, 4.69) is 0 Å². The molecule has 0 radical (unpaired) electrons. The Bertz CT molecular complexity index is 54.9. The van der Waals surface area contributed by atoms with Crippen molar-refractivity contribution in [3.63, 3.8) is 0 Å². The van der Waals surface area contributed by atoms with Crippen LogP contribution in [0, 0.1) is 0 Å². The standard InChI is InChI=1S/C3H6ClPS2/c4-5-6-2-1-3-7-5/h1-3H2. The van der Waals surface area contributed by atoms with Crippen LogP contribution < -0.4 is 0 Å². The van der Waals surface area contributed by atoms with Crippen LogP contribution in [0.15, 0.2) is 0 Å². The molecule has 4 heteroatoms. The second kappa shape index (κ2) is 3.45. The third-order valence-corrected chi connectivity index (χ3v) is 7.99. The average Bonchev–Trinajstić information content (AvgIpc) is 1.69. The Hall–Kier alpha value is 1.42. The lowest BCUT2D eigenvalue weighted by atomic mass is 10.6. The molecule has 0 aromatic carbocycles. The summed E-state index contributed by atoms with van der Waals surface area (Å²) in [6, 6.07) is 0. The Morgan fingerprint density at radius 2 is 1.86 bits per heavy atom. The van der Waals surface area contributed by atoms with Gasteiger partial charge in [-0.15, -0.1) is 22.8 Å². The first-order valence-electron chi connectivity index (χ1n) is 2.11. The summed E-state index contributed by atoms with van der Waals surface area (Å²) < 4.78 is 0. The van der Waals surface area contributed by atoms with Crippen molar-refractivity contribution in [3.8, 4) is 0 Å². The maximum atomic E-state index is 5.81. The van der Waals surface area contributed by atoms with Gasteiger partial charge in [0.15, 0.2) is 0 Å². The zero-order chi connectivity index (χ0) is 5.11. The molecule has 1 heterocycles. The van der Waals surface area contributed by atoms with Crippen LogP contribution in [0.2, 0.25) is 0 Å². The molecule has 0 bridgehead atoms. The second-order valence-corrected chi connectivity index (χ2v) is 9.64. The van der Waals surface area contributed by atoms with Gasteiger partial charge < -0.3 is 0 Å². The van der Waals surface area contributed by atoms with Gasteiger partial charge in [-0.05, 0) is 6.42 Å². The molecule has 0 N–H and O–H groups in total. The van der Waals surface area contributed by atoms with Crippen molar-refractivity contribution in [3.05, 3.63) is 0 Å². The van der Waals surface area contributed by atoms with Crippen LogP contribution in [0.5, 0.6) is 0 Å². The molecule has 1 fully saturated rings. The van der Waals surface area contributed by atoms with E-state index in [1.807, 2.05) is 22.8 Å². The van der Waals surface area contributed by atoms with Gasteiger partial charge in [0.2, 0.25) is 0 Å². The van der Waals surface area contributed by atoms with E-state index in [4.69, 9.17) is 11.2 Å². The van der Waals surface area contributed by atoms with Gasteiger partial charge in [-0.3, -0.25) is 0 Å². The topological polar surface area (TPSA) is 0 Å². The van der Waals surface area contributed by atoms with E-state index >= 15 is 0 Å². The second-order valence-electron chi connectivity index (χ2n) is 1.23. The summed E-state index contributed by atoms with van der Waals surface area (Å²) in [4.78, 5) is 0. The number of halogens is 1. The largest absolute Gasteiger partial charge is 0.109 e. The Balaban J connectivity index is 2.12. The highest BCUT2D eigenvalue weighted by molar-refractivity contribution is 8.94. The predicted octanol–water partition coefficient (Wildman–Crippen LogP) is 3.32. The van der Waals surface area contributed by atoms with Gasteiger partial charge in [0, 0.05) is 11.5 Å². The van der Waals surface area contributed by atoms with Crippen LogP contribution in [0.3, 0.4) is 0 Å². The van der Waals surface area contributed by atoms with Crippen LogP contribution in [0.4, 0.5) is 0 Å². The average molecular weight is 173 g/mol. The van der Waals surface area contributed by atoms with Crippen molar-refractivity contribution in [1.29, 1.82) is 0 Å². The Labute approximate surface area is 57.8 Å². The third kappa shape index (κ3) is 2.46. The number of hydrogen-bond acceptors (Lipinski definition) is 2. The van der Waals surface area contributed by atoms with Gasteiger partial charge >= 0.3 is 0 Å². The molecule has 1 aliphatic heterocycles. The summed E-state index contributed by atoms with van der Waals surface area (Å²) in [6.45, 7) is 0. The van der Waals surface area contributed by atoms with E-state index in [0.717, 1.165) is 0 Å². The molecule has 0 unspecified atom stereocenters. The molecule has 0 saturated carbocycles. The minimum atomic E-state index is -0.186. The summed E-state index contributed by atoms with van der Waals surface area (Å²) in [6.07, 6.45) is 1.35. The van der Waals surface area contributed by atoms with E-state index < -0.39 is 0 Å². The smallest absolute Gasteiger partial charge is 0.107 e. The molecule has 0 atom stereocenters. The molecule has 0 spiro atoms. The molecule has 0 aliphatic carbocycles. The highest BCUT2D eigenvalue weighted by Gasteiger charge is 2.09. The lowest BCUT2D eigenvalue weighted by molar-refractivity contribution is 1.13. The Morgan fingerprint density at radius 3 is 2.14 bits per heavy atom. The molecule has 42 valence electrons. The minimum Gasteiger partial charge on any atom is -0.107 e. The number of hydrogen-bond donors (Lipinski definition) is 0. The fourth-order valence-electron chi connectivity index (χ4n) is 0.369. The minimum absolute atomic E-state index is 0.186. The van der Waals surface area contributed by atoms with Crippen molar-refractivity contribution >= 4 is 39.7 Å². The molecule has 1 rings (SSSR count). The lowest BCUT2D eigenvalue weighted by Crippen LogP contribution is -1.83. The molecule has 1 saturated heterocycles. The van der Waals surface area contributed by atoms with Crippen LogP contribution in [0.25, 0.3) is 0 Å². The third-order valence-electron chi connectivity index (χ3n) is 0.674. The summed E-state index contributed by atoms with van der Waals surface area (Å²) >= 11 is 9.63. The highest BCUT2D eigenvalue weighted by atomic mass is 35.7. The van der Waals surface area contributed by atoms with Crippen molar-refractivity contribution in [2.24, 2.45) is 0 Å². The van der Waals surface area contributed by atoms with Gasteiger partial charge in [0.25, 0.3) is 0 Å². The molecular weight excluding hydrogens is 167 g/mol. The summed E-state index contributed by atoms with van der Waals surface area (Å²) in [5.41, 5.74) is -0.186. The Kier molecular flexibility index (Phi) is 3.22. The fraction of sp³-hybridized carbons (Fsp3) is 1.00. The molecule has 7 heavy (non-hydrogen) atoms. The first kappa shape index (κ1) is 6.54. The molecule has 0 aromatic rings. The zero-order valence-electron chi connectivity index (χ0n) is 3.76. The molecular formula is C3H6ClPS2. The first-order chi connectivity index (χ1) is 3.39. The summed E-state index contributed by atoms with van der Waals surface area (Å²) in [5, 5.41) is 0. The first-order valence-corrected chi connectivity index (χ1v) is 7.54. The molecule has 1 aliphatic rings. The van der Waals surface area contributed by atoms with Gasteiger partial charge in [-0.1, -0.05) is 11.2 Å². The monoisotopic (exact) mass is 172 g/mol. The maximum Gasteiger partial charge on any atom is 0.109 e. The normalized spacial score (nSPS) is 25.3. The number of rotatable bonds is 0. The highest BCUT2D eigenvalue weighted by Crippen LogP contribution is 2.67. The van der Waals surface area contributed by atoms with Crippen LogP contribution >= 0.6 is 39.7 Å². The quantitative estimate of drug-likeness (QED) is 0.514. The van der Waals surface area contributed by atoms with E-state index in [1.165, 1.54) is 17.9 Å². The van der Waals surface area contributed by atoms with Gasteiger partial charge in [-0.2, -0.15) is 0 Å². The molecule has 0 aromatic heterocycles. The van der Waals surface area contributed by atoms with Crippen LogP contribution in [-0.2, 0) is 0 Å². The molecule has 0 amide bonds. The molecule has 0 nitrogen and oxygen atoms in total. The van der Waals surface area contributed by atoms with E-state index in [0.29, 0.717) is 0 Å². The van der Waals surface area contributed by atoms with Crippen molar-refractivity contribution < 1.29 is 0 Å². The van der Waals surface area contributed by atoms with E-state index in [-0.39, 0.29) is 5.68 Å². The van der Waals surface area contributed by atoms with Gasteiger partial charge in [0.05, 0.1) is 0 Å². The van der Waals surface area contributed by atoms with Crippen molar-refractivity contribution in [2.75, 3.05) is 11.5 Å². The van der Waals surface area contributed by atoms with E-state index in [9.17, 15) is 0 Å². The van der Waals surface area contributed by atoms with Gasteiger partial charge in [0.1, 0.15) is 5.68 Å². The van der Waals surface area contributed by atoms with Crippen molar-refractivity contribution in [2.45, 2.75) is 6.42 Å². The fourth-order valence-corrected chi connectivity index (χ4v) is 6.57. The lowest BCUT2D eigenvalue weighted by Gasteiger charge is -2.12. The predicted molar refractivity (Wildman–Crippen MR) is 42.3 cm³/mol. The Morgan fingerprint density at radius 1 is 1.29 bits per heavy atom. The van der Waals surface area contributed by atoms with Gasteiger partial charge in [-0.25, -0.2) is 0 Å². The van der Waals surface area contributed by atoms with Crippen LogP contribution in [-0.4, -0.2) is 11.5 Å². The maximum absolute atomic E-state index is 5.81. The van der Waals surface area contributed by atoms with Crippen molar-refractivity contribution in [1.82, 2.24) is 0 Å². The van der Waals surface area contributed by atoms with Crippen LogP contribution in [0.1, 0.15) is 6.42 Å². The summed E-state index contributed by atoms with van der Waals surface area (Å²) in [7, 11) is 0.